The van der Waals surface area contributed by atoms with E-state index in [2.05, 4.69) is 65.5 Å². The minimum atomic E-state index is 0.346. The highest BCUT2D eigenvalue weighted by Gasteiger charge is 2.08. The summed E-state index contributed by atoms with van der Waals surface area (Å²) in [5, 5.41) is 0. The molecule has 0 aliphatic carbocycles. The molecule has 0 aromatic heterocycles. The van der Waals surface area contributed by atoms with E-state index < -0.39 is 0 Å². The minimum Gasteiger partial charge on any atom is -0.161 e. The van der Waals surface area contributed by atoms with Gasteiger partial charge in [0.15, 0.2) is 0 Å². The molecule has 0 saturated carbocycles. The maximum absolute atomic E-state index is 2.33. The molecule has 0 N–H and O–H groups in total. The van der Waals surface area contributed by atoms with Gasteiger partial charge in [-0.15, -0.1) is 0 Å². The highest BCUT2D eigenvalue weighted by molar-refractivity contribution is 7.99. The second kappa shape index (κ2) is 6.62. The van der Waals surface area contributed by atoms with Crippen LogP contribution in [0.1, 0.15) is 54.4 Å². The monoisotopic (exact) mass is 228 g/mol. The van der Waals surface area contributed by atoms with Crippen molar-refractivity contribution in [3.8, 4) is 0 Å². The Hall–Kier alpha value is 0.0900. The fourth-order valence-corrected chi connectivity index (χ4v) is 2.25. The van der Waals surface area contributed by atoms with Crippen LogP contribution in [0, 0.1) is 10.8 Å². The summed E-state index contributed by atoms with van der Waals surface area (Å²) >= 11 is 2.08. The van der Waals surface area contributed by atoms with Gasteiger partial charge in [-0.1, -0.05) is 53.7 Å². The van der Waals surface area contributed by atoms with E-state index >= 15 is 0 Å². The lowest BCUT2D eigenvalue weighted by Gasteiger charge is -2.16. The molecule has 0 aliphatic heterocycles. The molecule has 0 bridgehead atoms. The summed E-state index contributed by atoms with van der Waals surface area (Å²) in [7, 11) is 0. The van der Waals surface area contributed by atoms with E-state index in [9.17, 15) is 0 Å². The van der Waals surface area contributed by atoms with Crippen molar-refractivity contribution < 1.29 is 0 Å². The van der Waals surface area contributed by atoms with E-state index in [1.54, 1.807) is 0 Å². The highest BCUT2D eigenvalue weighted by Crippen LogP contribution is 2.21. The molecule has 0 atom stereocenters. The molecule has 0 unspecified atom stereocenters. The third-order valence-corrected chi connectivity index (χ3v) is 3.46. The van der Waals surface area contributed by atoms with Gasteiger partial charge in [0.25, 0.3) is 0 Å². The van der Waals surface area contributed by atoms with Gasteiger partial charge >= 0.3 is 0 Å². The summed E-state index contributed by atoms with van der Waals surface area (Å²) in [6.07, 6.45) is 7.20. The molecule has 0 radical (unpaired) electrons. The Morgan fingerprint density at radius 1 is 1.00 bits per heavy atom. The SMILES string of the molecule is CC(C)(C)/C=C/CCCSCC(C)(C)C. The molecule has 0 saturated heterocycles. The van der Waals surface area contributed by atoms with Gasteiger partial charge < -0.3 is 0 Å². The average Bonchev–Trinajstić information content (AvgIpc) is 1.98. The van der Waals surface area contributed by atoms with Crippen LogP contribution in [0.5, 0.6) is 0 Å². The van der Waals surface area contributed by atoms with Crippen LogP contribution < -0.4 is 0 Å². The smallest absolute Gasteiger partial charge is 0.00187 e. The van der Waals surface area contributed by atoms with Crippen molar-refractivity contribution in [2.24, 2.45) is 10.8 Å². The zero-order valence-electron chi connectivity index (χ0n) is 11.4. The molecule has 1 heteroatoms. The summed E-state index contributed by atoms with van der Waals surface area (Å²) in [4.78, 5) is 0. The molecule has 0 aliphatic rings. The van der Waals surface area contributed by atoms with Gasteiger partial charge in [0.05, 0.1) is 0 Å². The largest absolute Gasteiger partial charge is 0.161 e. The number of hydrogen-bond acceptors (Lipinski definition) is 1. The predicted molar refractivity (Wildman–Crippen MR) is 74.6 cm³/mol. The Balaban J connectivity index is 3.37. The minimum absolute atomic E-state index is 0.346. The van der Waals surface area contributed by atoms with E-state index in [-0.39, 0.29) is 0 Å². The lowest BCUT2D eigenvalue weighted by molar-refractivity contribution is 0.480. The van der Waals surface area contributed by atoms with Crippen LogP contribution in [0.25, 0.3) is 0 Å². The van der Waals surface area contributed by atoms with Crippen molar-refractivity contribution in [1.82, 2.24) is 0 Å². The first-order valence-corrected chi connectivity index (χ1v) is 7.12. The van der Waals surface area contributed by atoms with E-state index in [1.807, 2.05) is 0 Å². The Labute approximate surface area is 101 Å². The summed E-state index contributed by atoms with van der Waals surface area (Å²) in [5.41, 5.74) is 0.824. The van der Waals surface area contributed by atoms with Gasteiger partial charge in [0, 0.05) is 0 Å². The van der Waals surface area contributed by atoms with Gasteiger partial charge in [-0.05, 0) is 35.2 Å². The second-order valence-electron chi connectivity index (χ2n) is 6.52. The molecule has 0 heterocycles. The van der Waals surface area contributed by atoms with Crippen LogP contribution in [0.3, 0.4) is 0 Å². The van der Waals surface area contributed by atoms with Crippen LogP contribution in [-0.2, 0) is 0 Å². The van der Waals surface area contributed by atoms with Crippen molar-refractivity contribution in [2.45, 2.75) is 54.4 Å². The number of allylic oxidation sites excluding steroid dienone is 2. The van der Waals surface area contributed by atoms with Crippen LogP contribution in [-0.4, -0.2) is 11.5 Å². The van der Waals surface area contributed by atoms with Crippen LogP contribution in [0.15, 0.2) is 12.2 Å². The van der Waals surface area contributed by atoms with Gasteiger partial charge in [-0.25, -0.2) is 0 Å². The molecule has 90 valence electrons. The first-order valence-electron chi connectivity index (χ1n) is 5.96. The van der Waals surface area contributed by atoms with E-state index in [1.165, 1.54) is 24.3 Å². The molecule has 0 nitrogen and oxygen atoms in total. The zero-order chi connectivity index (χ0) is 11.9. The maximum Gasteiger partial charge on any atom is -0.00187 e. The molecule has 15 heavy (non-hydrogen) atoms. The highest BCUT2D eigenvalue weighted by atomic mass is 32.2. The normalized spacial score (nSPS) is 13.7. The maximum atomic E-state index is 2.33. The van der Waals surface area contributed by atoms with E-state index in [0.29, 0.717) is 10.8 Å². The van der Waals surface area contributed by atoms with Crippen molar-refractivity contribution >= 4 is 11.8 Å². The lowest BCUT2D eigenvalue weighted by Crippen LogP contribution is -2.08. The quantitative estimate of drug-likeness (QED) is 0.463. The Kier molecular flexibility index (Phi) is 6.66. The van der Waals surface area contributed by atoms with Gasteiger partial charge in [-0.2, -0.15) is 11.8 Å². The Morgan fingerprint density at radius 2 is 1.60 bits per heavy atom. The van der Waals surface area contributed by atoms with E-state index in [4.69, 9.17) is 0 Å². The Bertz CT molecular complexity index is 178. The molecule has 0 aromatic carbocycles. The second-order valence-corrected chi connectivity index (χ2v) is 7.63. The number of unbranched alkanes of at least 4 members (excludes halogenated alkanes) is 1. The molecule has 0 fully saturated rings. The van der Waals surface area contributed by atoms with Gasteiger partial charge in [0.1, 0.15) is 0 Å². The third kappa shape index (κ3) is 14.1. The van der Waals surface area contributed by atoms with Gasteiger partial charge in [0.2, 0.25) is 0 Å². The fourth-order valence-electron chi connectivity index (χ4n) is 1.12. The number of thioether (sulfide) groups is 1. The predicted octanol–water partition coefficient (Wildman–Crippen LogP) is 5.15. The molecule has 0 aromatic rings. The molecular weight excluding hydrogens is 200 g/mol. The van der Waals surface area contributed by atoms with Crippen molar-refractivity contribution in [2.75, 3.05) is 11.5 Å². The standard InChI is InChI=1S/C14H28S/c1-13(2,3)10-8-7-9-11-15-12-14(4,5)6/h8,10H,7,9,11-12H2,1-6H3/b10-8+. The first kappa shape index (κ1) is 15.1. The van der Waals surface area contributed by atoms with Crippen LogP contribution in [0.2, 0.25) is 0 Å². The number of rotatable bonds is 5. The van der Waals surface area contributed by atoms with Gasteiger partial charge in [-0.3, -0.25) is 0 Å². The molecule has 0 spiro atoms. The fraction of sp³-hybridized carbons (Fsp3) is 0.857. The Morgan fingerprint density at radius 3 is 2.07 bits per heavy atom. The topological polar surface area (TPSA) is 0 Å². The summed E-state index contributed by atoms with van der Waals surface area (Å²) in [5.74, 6) is 2.57. The lowest BCUT2D eigenvalue weighted by atomic mass is 9.96. The summed E-state index contributed by atoms with van der Waals surface area (Å²) in [6.45, 7) is 13.7. The van der Waals surface area contributed by atoms with Crippen molar-refractivity contribution in [1.29, 1.82) is 0 Å². The van der Waals surface area contributed by atoms with E-state index in [0.717, 1.165) is 0 Å². The van der Waals surface area contributed by atoms with Crippen LogP contribution in [0.4, 0.5) is 0 Å². The molecule has 0 amide bonds. The molecular formula is C14H28S. The van der Waals surface area contributed by atoms with Crippen molar-refractivity contribution in [3.63, 3.8) is 0 Å². The molecule has 0 rings (SSSR count). The summed E-state index contributed by atoms with van der Waals surface area (Å²) in [6, 6.07) is 0. The first-order chi connectivity index (χ1) is 6.71. The average molecular weight is 228 g/mol. The zero-order valence-corrected chi connectivity index (χ0v) is 12.2. The number of hydrogen-bond donors (Lipinski definition) is 0. The van der Waals surface area contributed by atoms with Crippen LogP contribution >= 0.6 is 11.8 Å². The summed E-state index contributed by atoms with van der Waals surface area (Å²) < 4.78 is 0. The third-order valence-electron chi connectivity index (χ3n) is 1.81. The van der Waals surface area contributed by atoms with Crippen molar-refractivity contribution in [3.05, 3.63) is 12.2 Å².